The van der Waals surface area contributed by atoms with Crippen LogP contribution in [-0.2, 0) is 0 Å². The van der Waals surface area contributed by atoms with Crippen molar-refractivity contribution in [2.45, 2.75) is 25.4 Å². The van der Waals surface area contributed by atoms with E-state index in [0.717, 1.165) is 22.4 Å². The number of ether oxygens (including phenoxy) is 1. The highest BCUT2D eigenvalue weighted by atomic mass is 16.6. The number of nitrogens with zero attached hydrogens (tertiary/aromatic N) is 5. The fraction of sp³-hybridized carbons (Fsp3) is 0.192. The molecule has 1 aromatic heterocycles. The zero-order valence-electron chi connectivity index (χ0n) is 19.2. The van der Waals surface area contributed by atoms with E-state index in [4.69, 9.17) is 4.74 Å². The highest BCUT2D eigenvalue weighted by Gasteiger charge is 2.41. The van der Waals surface area contributed by atoms with E-state index in [2.05, 4.69) is 10.1 Å². The van der Waals surface area contributed by atoms with Gasteiger partial charge in [-0.3, -0.25) is 19.8 Å². The van der Waals surface area contributed by atoms with Gasteiger partial charge in [0.05, 0.1) is 24.1 Å². The first kappa shape index (κ1) is 22.3. The van der Waals surface area contributed by atoms with Gasteiger partial charge in [0.15, 0.2) is 0 Å². The van der Waals surface area contributed by atoms with Gasteiger partial charge in [0.1, 0.15) is 17.6 Å². The molecule has 0 N–H and O–H groups in total. The molecule has 0 spiro atoms. The van der Waals surface area contributed by atoms with Crippen LogP contribution in [0.1, 0.15) is 45.6 Å². The highest BCUT2D eigenvalue weighted by molar-refractivity contribution is 6.08. The number of nitro groups is 1. The average molecular weight is 470 g/mol. The van der Waals surface area contributed by atoms with Crippen LogP contribution >= 0.6 is 0 Å². The van der Waals surface area contributed by atoms with Gasteiger partial charge in [-0.05, 0) is 42.7 Å². The van der Waals surface area contributed by atoms with Crippen LogP contribution in [-0.4, -0.2) is 32.7 Å². The maximum atomic E-state index is 13.9. The number of anilines is 1. The van der Waals surface area contributed by atoms with Gasteiger partial charge in [-0.2, -0.15) is 10.1 Å². The number of hydrogen-bond acceptors (Lipinski definition) is 6. The molecule has 9 heteroatoms. The van der Waals surface area contributed by atoms with E-state index in [-0.39, 0.29) is 17.3 Å². The van der Waals surface area contributed by atoms with Gasteiger partial charge < -0.3 is 4.74 Å². The minimum Gasteiger partial charge on any atom is -0.497 e. The van der Waals surface area contributed by atoms with Crippen molar-refractivity contribution in [2.24, 2.45) is 0 Å². The molecule has 1 aliphatic heterocycles. The Labute approximate surface area is 201 Å². The van der Waals surface area contributed by atoms with Crippen LogP contribution < -0.4 is 9.64 Å². The first-order chi connectivity index (χ1) is 17.0. The van der Waals surface area contributed by atoms with Crippen molar-refractivity contribution in [1.29, 1.82) is 0 Å². The monoisotopic (exact) mass is 469 g/mol. The Morgan fingerprint density at radius 2 is 1.66 bits per heavy atom. The minimum absolute atomic E-state index is 0.00654. The van der Waals surface area contributed by atoms with Gasteiger partial charge in [-0.25, -0.2) is 4.68 Å². The molecule has 9 nitrogen and oxygen atoms in total. The Morgan fingerprint density at radius 3 is 2.34 bits per heavy atom. The molecule has 0 saturated heterocycles. The Kier molecular flexibility index (Phi) is 5.74. The second-order valence-electron chi connectivity index (χ2n) is 8.41. The molecule has 0 radical (unpaired) electrons. The molecule has 2 atom stereocenters. The number of hydrogen-bond donors (Lipinski definition) is 0. The van der Waals surface area contributed by atoms with Gasteiger partial charge in [0.2, 0.25) is 5.95 Å². The summed E-state index contributed by atoms with van der Waals surface area (Å²) < 4.78 is 7.01. The quantitative estimate of drug-likeness (QED) is 0.305. The van der Waals surface area contributed by atoms with E-state index in [1.54, 1.807) is 23.9 Å². The third kappa shape index (κ3) is 4.01. The predicted molar refractivity (Wildman–Crippen MR) is 130 cm³/mol. The number of aromatic nitrogens is 3. The lowest BCUT2D eigenvalue weighted by Gasteiger charge is -2.39. The first-order valence-electron chi connectivity index (χ1n) is 11.1. The lowest BCUT2D eigenvalue weighted by molar-refractivity contribution is -0.385. The molecular weight excluding hydrogens is 446 g/mol. The maximum Gasteiger partial charge on any atom is 0.282 e. The minimum atomic E-state index is -0.539. The number of methoxy groups -OCH3 is 1. The third-order valence-corrected chi connectivity index (χ3v) is 6.34. The fourth-order valence-corrected chi connectivity index (χ4v) is 4.55. The number of carbonyl (C=O) groups is 1. The molecule has 5 rings (SSSR count). The molecule has 1 amide bonds. The zero-order valence-corrected chi connectivity index (χ0v) is 19.2. The van der Waals surface area contributed by atoms with Crippen molar-refractivity contribution in [3.05, 3.63) is 111 Å². The van der Waals surface area contributed by atoms with Crippen LogP contribution in [0.3, 0.4) is 0 Å². The van der Waals surface area contributed by atoms with E-state index >= 15 is 0 Å². The molecule has 176 valence electrons. The van der Waals surface area contributed by atoms with Crippen molar-refractivity contribution in [1.82, 2.24) is 14.8 Å². The Bertz CT molecular complexity index is 1380. The maximum absolute atomic E-state index is 13.9. The van der Waals surface area contributed by atoms with Gasteiger partial charge >= 0.3 is 0 Å². The number of carbonyl (C=O) groups excluding carboxylic acids is 1. The Balaban J connectivity index is 1.65. The zero-order chi connectivity index (χ0) is 24.5. The molecular formula is C26H23N5O4. The van der Waals surface area contributed by atoms with E-state index < -0.39 is 16.9 Å². The molecule has 0 unspecified atom stereocenters. The first-order valence-corrected chi connectivity index (χ1v) is 11.1. The van der Waals surface area contributed by atoms with Crippen molar-refractivity contribution in [3.8, 4) is 5.75 Å². The van der Waals surface area contributed by atoms with Crippen molar-refractivity contribution >= 4 is 17.5 Å². The molecule has 1 aliphatic rings. The standard InChI is InChI=1S/C26H23N5O4/c1-17-7-9-18(10-8-17)23-15-24(19-11-13-20(35-2)14-12-19)30-26(27-16-28-30)29(23)25(32)21-5-3-4-6-22(21)31(33)34/h3-14,16,23-24H,15H2,1-2H3/t23-,24+/m0/s1. The summed E-state index contributed by atoms with van der Waals surface area (Å²) in [6, 6.07) is 21.0. The number of fused-ring (bicyclic) bond motifs is 1. The lowest BCUT2D eigenvalue weighted by atomic mass is 9.91. The summed E-state index contributed by atoms with van der Waals surface area (Å²) in [5.74, 6) is 0.586. The summed E-state index contributed by atoms with van der Waals surface area (Å²) in [5, 5.41) is 16.1. The van der Waals surface area contributed by atoms with Crippen LogP contribution in [0.4, 0.5) is 11.6 Å². The largest absolute Gasteiger partial charge is 0.497 e. The number of benzene rings is 3. The Hall–Kier alpha value is -4.53. The normalized spacial score (nSPS) is 17.0. The van der Waals surface area contributed by atoms with Crippen LogP contribution in [0, 0.1) is 17.0 Å². The van der Waals surface area contributed by atoms with Crippen molar-refractivity contribution in [3.63, 3.8) is 0 Å². The van der Waals surface area contributed by atoms with E-state index in [9.17, 15) is 14.9 Å². The summed E-state index contributed by atoms with van der Waals surface area (Å²) in [7, 11) is 1.62. The summed E-state index contributed by atoms with van der Waals surface area (Å²) in [4.78, 5) is 31.0. The van der Waals surface area contributed by atoms with E-state index in [1.165, 1.54) is 23.4 Å². The second kappa shape index (κ2) is 9.02. The highest BCUT2D eigenvalue weighted by Crippen LogP contribution is 2.43. The number of amides is 1. The molecule has 4 aromatic rings. The number of rotatable bonds is 5. The summed E-state index contributed by atoms with van der Waals surface area (Å²) in [6.07, 6.45) is 1.92. The number of aryl methyl sites for hydroxylation is 1. The van der Waals surface area contributed by atoms with Crippen LogP contribution in [0.5, 0.6) is 5.75 Å². The molecule has 0 bridgehead atoms. The van der Waals surface area contributed by atoms with Crippen LogP contribution in [0.15, 0.2) is 79.1 Å². The molecule has 2 heterocycles. The van der Waals surface area contributed by atoms with Gasteiger partial charge in [0.25, 0.3) is 11.6 Å². The number of nitro benzene ring substituents is 1. The lowest BCUT2D eigenvalue weighted by Crippen LogP contribution is -2.42. The van der Waals surface area contributed by atoms with Gasteiger partial charge in [-0.1, -0.05) is 54.1 Å². The topological polar surface area (TPSA) is 103 Å². The Morgan fingerprint density at radius 1 is 1.00 bits per heavy atom. The molecule has 0 fully saturated rings. The van der Waals surface area contributed by atoms with Crippen molar-refractivity contribution < 1.29 is 14.5 Å². The average Bonchev–Trinajstić information content (AvgIpc) is 3.38. The summed E-state index contributed by atoms with van der Waals surface area (Å²) in [5.41, 5.74) is 2.76. The molecule has 0 aliphatic carbocycles. The smallest absolute Gasteiger partial charge is 0.282 e. The van der Waals surface area contributed by atoms with Crippen LogP contribution in [0.25, 0.3) is 0 Å². The van der Waals surface area contributed by atoms with E-state index in [1.807, 2.05) is 55.5 Å². The third-order valence-electron chi connectivity index (χ3n) is 6.34. The SMILES string of the molecule is COc1ccc([C@H]2C[C@@H](c3ccc(C)cc3)N(C(=O)c3ccccc3[N+](=O)[O-])c3ncnn32)cc1. The molecule has 0 saturated carbocycles. The second-order valence-corrected chi connectivity index (χ2v) is 8.41. The van der Waals surface area contributed by atoms with Crippen LogP contribution in [0.2, 0.25) is 0 Å². The molecule has 3 aromatic carbocycles. The van der Waals surface area contributed by atoms with Crippen molar-refractivity contribution in [2.75, 3.05) is 12.0 Å². The number of para-hydroxylation sites is 1. The van der Waals surface area contributed by atoms with E-state index in [0.29, 0.717) is 12.4 Å². The molecule has 35 heavy (non-hydrogen) atoms. The van der Waals surface area contributed by atoms with Gasteiger partial charge in [0, 0.05) is 6.07 Å². The summed E-state index contributed by atoms with van der Waals surface area (Å²) >= 11 is 0. The predicted octanol–water partition coefficient (Wildman–Crippen LogP) is 4.88. The summed E-state index contributed by atoms with van der Waals surface area (Å²) in [6.45, 7) is 2.00. The fourth-order valence-electron chi connectivity index (χ4n) is 4.55. The van der Waals surface area contributed by atoms with Gasteiger partial charge in [-0.15, -0.1) is 0 Å².